The average molecular weight is 448 g/mol. The molecular formula is C24H21N3O4S. The van der Waals surface area contributed by atoms with Crippen molar-refractivity contribution in [2.45, 2.75) is 12.8 Å². The number of hydrogen-bond acceptors (Lipinski definition) is 6. The topological polar surface area (TPSA) is 95.7 Å². The van der Waals surface area contributed by atoms with Gasteiger partial charge in [-0.3, -0.25) is 9.78 Å². The van der Waals surface area contributed by atoms with Gasteiger partial charge in [-0.2, -0.15) is 0 Å². The maximum Gasteiger partial charge on any atom is 0.345 e. The molecule has 32 heavy (non-hydrogen) atoms. The molecule has 0 bridgehead atoms. The van der Waals surface area contributed by atoms with Crippen molar-refractivity contribution in [2.75, 3.05) is 11.6 Å². The number of rotatable bonds is 9. The van der Waals surface area contributed by atoms with E-state index in [1.54, 1.807) is 36.7 Å². The van der Waals surface area contributed by atoms with E-state index < -0.39 is 5.97 Å². The summed E-state index contributed by atoms with van der Waals surface area (Å²) in [6.07, 6.45) is 4.65. The molecule has 0 aliphatic rings. The highest BCUT2D eigenvalue weighted by Crippen LogP contribution is 2.24. The lowest BCUT2D eigenvalue weighted by molar-refractivity contribution is 0.0702. The quantitative estimate of drug-likeness (QED) is 0.280. The predicted octanol–water partition coefficient (Wildman–Crippen LogP) is 4.89. The number of benzene rings is 1. The molecule has 4 rings (SSSR count). The first kappa shape index (κ1) is 21.5. The lowest BCUT2D eigenvalue weighted by Crippen LogP contribution is -2.44. The van der Waals surface area contributed by atoms with E-state index in [1.165, 1.54) is 16.3 Å². The van der Waals surface area contributed by atoms with E-state index in [9.17, 15) is 9.59 Å². The first-order valence-corrected chi connectivity index (χ1v) is 10.9. The third-order valence-electron chi connectivity index (χ3n) is 4.76. The predicted molar refractivity (Wildman–Crippen MR) is 123 cm³/mol. The molecule has 3 aromatic heterocycles. The van der Waals surface area contributed by atoms with Crippen molar-refractivity contribution >= 4 is 28.9 Å². The summed E-state index contributed by atoms with van der Waals surface area (Å²) in [5, 5.41) is 10.6. The number of hydrogen-bond donors (Lipinski definition) is 2. The van der Waals surface area contributed by atoms with E-state index in [4.69, 9.17) is 9.52 Å². The Morgan fingerprint density at radius 3 is 2.53 bits per heavy atom. The fraction of sp³-hybridized carbons (Fsp3) is 0.125. The van der Waals surface area contributed by atoms with Crippen molar-refractivity contribution in [3.05, 3.63) is 94.6 Å². The molecule has 1 amide bonds. The number of amides is 1. The zero-order valence-corrected chi connectivity index (χ0v) is 17.9. The second-order valence-electron chi connectivity index (χ2n) is 6.96. The lowest BCUT2D eigenvalue weighted by atomic mass is 10.1. The fourth-order valence-electron chi connectivity index (χ4n) is 3.18. The number of anilines is 1. The van der Waals surface area contributed by atoms with Crippen molar-refractivity contribution in [2.24, 2.45) is 0 Å². The average Bonchev–Trinajstić information content (AvgIpc) is 3.52. The summed E-state index contributed by atoms with van der Waals surface area (Å²) < 4.78 is 5.43. The molecule has 0 radical (unpaired) electrons. The third kappa shape index (κ3) is 5.11. The zero-order valence-electron chi connectivity index (χ0n) is 17.1. The molecule has 1 aromatic carbocycles. The van der Waals surface area contributed by atoms with E-state index in [-0.39, 0.29) is 5.91 Å². The van der Waals surface area contributed by atoms with Crippen molar-refractivity contribution in [3.63, 3.8) is 0 Å². The van der Waals surface area contributed by atoms with Crippen LogP contribution >= 0.6 is 11.3 Å². The highest BCUT2D eigenvalue weighted by molar-refractivity contribution is 7.13. The first-order valence-electron chi connectivity index (χ1n) is 10.1. The van der Waals surface area contributed by atoms with Crippen LogP contribution < -0.4 is 10.4 Å². The number of aromatic carboxylic acids is 1. The molecule has 0 spiro atoms. The molecule has 4 aromatic rings. The molecule has 0 saturated heterocycles. The van der Waals surface area contributed by atoms with Gasteiger partial charge in [0.05, 0.1) is 12.0 Å². The number of nitrogens with one attached hydrogen (secondary N) is 1. The molecule has 3 heterocycles. The summed E-state index contributed by atoms with van der Waals surface area (Å²) in [5.74, 6) is -0.422. The molecule has 162 valence electrons. The maximum atomic E-state index is 13.1. The van der Waals surface area contributed by atoms with Gasteiger partial charge in [0.1, 0.15) is 16.3 Å². The number of furan rings is 1. The Kier molecular flexibility index (Phi) is 6.74. The van der Waals surface area contributed by atoms with Gasteiger partial charge in [0, 0.05) is 23.2 Å². The van der Waals surface area contributed by atoms with E-state index in [0.29, 0.717) is 29.2 Å². The maximum absolute atomic E-state index is 13.1. The number of carboxylic acid groups (broad SMARTS) is 1. The van der Waals surface area contributed by atoms with Gasteiger partial charge < -0.3 is 9.52 Å². The number of pyridine rings is 1. The van der Waals surface area contributed by atoms with Crippen LogP contribution in [0.3, 0.4) is 0 Å². The minimum absolute atomic E-state index is 0.263. The van der Waals surface area contributed by atoms with Gasteiger partial charge >= 0.3 is 5.97 Å². The van der Waals surface area contributed by atoms with Crippen LogP contribution in [-0.2, 0) is 6.42 Å². The highest BCUT2D eigenvalue weighted by Gasteiger charge is 2.19. The lowest BCUT2D eigenvalue weighted by Gasteiger charge is -2.23. The van der Waals surface area contributed by atoms with E-state index in [2.05, 4.69) is 10.4 Å². The summed E-state index contributed by atoms with van der Waals surface area (Å²) in [7, 11) is 0. The van der Waals surface area contributed by atoms with E-state index >= 15 is 0 Å². The Morgan fingerprint density at radius 1 is 1.03 bits per heavy atom. The molecule has 7 nitrogen and oxygen atoms in total. The number of carbonyl (C=O) groups excluding carboxylic acids is 1. The Balaban J connectivity index is 1.46. The molecule has 0 aliphatic heterocycles. The summed E-state index contributed by atoms with van der Waals surface area (Å²) in [6.45, 7) is 0.527. The normalized spacial score (nSPS) is 10.8. The number of hydrazine groups is 1. The van der Waals surface area contributed by atoms with E-state index in [0.717, 1.165) is 22.6 Å². The fourth-order valence-corrected chi connectivity index (χ4v) is 4.07. The van der Waals surface area contributed by atoms with Crippen LogP contribution in [0.4, 0.5) is 5.69 Å². The second kappa shape index (κ2) is 10.0. The molecule has 0 unspecified atom stereocenters. The van der Waals surface area contributed by atoms with Gasteiger partial charge in [-0.1, -0.05) is 6.07 Å². The number of nitrogens with zero attached hydrogens (tertiary/aromatic N) is 2. The third-order valence-corrected chi connectivity index (χ3v) is 5.89. The second-order valence-corrected chi connectivity index (χ2v) is 8.13. The van der Waals surface area contributed by atoms with Gasteiger partial charge in [-0.15, -0.1) is 11.3 Å². The Morgan fingerprint density at radius 2 is 1.88 bits per heavy atom. The number of carbonyl (C=O) groups is 2. The monoisotopic (exact) mass is 447 g/mol. The minimum Gasteiger partial charge on any atom is -0.477 e. The summed E-state index contributed by atoms with van der Waals surface area (Å²) >= 11 is 1.27. The van der Waals surface area contributed by atoms with Gasteiger partial charge in [-0.25, -0.2) is 15.2 Å². The molecule has 0 fully saturated rings. The first-order chi connectivity index (χ1) is 15.6. The van der Waals surface area contributed by atoms with Crippen LogP contribution in [0.25, 0.3) is 11.3 Å². The molecular weight excluding hydrogens is 426 g/mol. The Hall–Kier alpha value is -3.75. The van der Waals surface area contributed by atoms with Crippen LogP contribution in [0, 0.1) is 0 Å². The van der Waals surface area contributed by atoms with Crippen molar-refractivity contribution in [1.29, 1.82) is 0 Å². The molecule has 0 saturated carbocycles. The van der Waals surface area contributed by atoms with Crippen molar-refractivity contribution in [1.82, 2.24) is 10.4 Å². The van der Waals surface area contributed by atoms with Crippen molar-refractivity contribution in [3.8, 4) is 11.3 Å². The van der Waals surface area contributed by atoms with Crippen LogP contribution in [0.5, 0.6) is 0 Å². The highest BCUT2D eigenvalue weighted by atomic mass is 32.1. The molecule has 0 aliphatic carbocycles. The Bertz CT molecular complexity index is 1170. The molecule has 0 atom stereocenters. The van der Waals surface area contributed by atoms with Gasteiger partial charge in [-0.05, 0) is 73.5 Å². The summed E-state index contributed by atoms with van der Waals surface area (Å²) in [4.78, 5) is 29.7. The number of aromatic nitrogens is 1. The Labute approximate surface area is 188 Å². The van der Waals surface area contributed by atoms with Gasteiger partial charge in [0.2, 0.25) is 0 Å². The number of aryl methyl sites for hydroxylation is 1. The van der Waals surface area contributed by atoms with Crippen LogP contribution in [0.15, 0.2) is 83.6 Å². The van der Waals surface area contributed by atoms with Gasteiger partial charge in [0.25, 0.3) is 5.91 Å². The summed E-state index contributed by atoms with van der Waals surface area (Å²) in [5.41, 5.74) is 5.12. The number of carboxylic acids is 1. The standard InChI is InChI=1S/C24H21N3O4S/c28-23(20-6-1-2-14-25-20)27(18-10-8-17(9-11-18)21-7-4-16-31-21)26-15-3-5-19-12-13-22(32-19)24(29)30/h1-2,4,6-14,16,26H,3,5,15H2,(H,29,30). The minimum atomic E-state index is -0.912. The number of thiophene rings is 1. The summed E-state index contributed by atoms with van der Waals surface area (Å²) in [6, 6.07) is 19.9. The SMILES string of the molecule is O=C(O)c1ccc(CCCNN(C(=O)c2ccccn2)c2ccc(-c3ccco3)cc2)s1. The zero-order chi connectivity index (χ0) is 22.3. The van der Waals surface area contributed by atoms with Crippen LogP contribution in [0.1, 0.15) is 31.5 Å². The van der Waals surface area contributed by atoms with Crippen LogP contribution in [0.2, 0.25) is 0 Å². The van der Waals surface area contributed by atoms with Crippen LogP contribution in [-0.4, -0.2) is 28.5 Å². The molecule has 8 heteroatoms. The molecule has 2 N–H and O–H groups in total. The van der Waals surface area contributed by atoms with Crippen molar-refractivity contribution < 1.29 is 19.1 Å². The van der Waals surface area contributed by atoms with Gasteiger partial charge in [0.15, 0.2) is 0 Å². The van der Waals surface area contributed by atoms with E-state index in [1.807, 2.05) is 42.5 Å². The largest absolute Gasteiger partial charge is 0.477 e. The smallest absolute Gasteiger partial charge is 0.345 e.